The van der Waals surface area contributed by atoms with Gasteiger partial charge in [-0.2, -0.15) is 0 Å². The van der Waals surface area contributed by atoms with Crippen molar-refractivity contribution in [1.82, 2.24) is 0 Å². The summed E-state index contributed by atoms with van der Waals surface area (Å²) in [5.74, 6) is 0. The second kappa shape index (κ2) is 3.98. The van der Waals surface area contributed by atoms with Crippen LogP contribution in [0.4, 0.5) is 5.69 Å². The van der Waals surface area contributed by atoms with E-state index in [-0.39, 0.29) is 0 Å². The predicted molar refractivity (Wildman–Crippen MR) is 88.4 cm³/mol. The molecule has 5 rings (SSSR count). The average molecular weight is 283 g/mol. The SMILES string of the molecule is O=[N+]1C=NC=c2ccc3ccc4c(c3c21)=Cc1ccccc1-4. The zero-order chi connectivity index (χ0) is 14.7. The van der Waals surface area contributed by atoms with Gasteiger partial charge in [-0.3, -0.25) is 0 Å². The van der Waals surface area contributed by atoms with Gasteiger partial charge in [-0.1, -0.05) is 52.4 Å². The van der Waals surface area contributed by atoms with Crippen LogP contribution in [0, 0.1) is 4.91 Å². The Morgan fingerprint density at radius 1 is 0.909 bits per heavy atom. The quantitative estimate of drug-likeness (QED) is 0.457. The lowest BCUT2D eigenvalue weighted by molar-refractivity contribution is -0.320. The van der Waals surface area contributed by atoms with Gasteiger partial charge < -0.3 is 0 Å². The van der Waals surface area contributed by atoms with Crippen molar-refractivity contribution in [1.29, 1.82) is 0 Å². The minimum Gasteiger partial charge on any atom is -0.0616 e. The van der Waals surface area contributed by atoms with Crippen LogP contribution in [0.15, 0.2) is 53.5 Å². The summed E-state index contributed by atoms with van der Waals surface area (Å²) in [5, 5.41) is 4.07. The summed E-state index contributed by atoms with van der Waals surface area (Å²) < 4.78 is 0.870. The fourth-order valence-electron chi connectivity index (χ4n) is 3.42. The number of hydrogen-bond acceptors (Lipinski definition) is 2. The van der Waals surface area contributed by atoms with Crippen LogP contribution in [0.25, 0.3) is 34.2 Å². The van der Waals surface area contributed by atoms with Gasteiger partial charge in [0.2, 0.25) is 0 Å². The molecule has 22 heavy (non-hydrogen) atoms. The Morgan fingerprint density at radius 3 is 2.73 bits per heavy atom. The molecule has 1 heterocycles. The van der Waals surface area contributed by atoms with E-state index in [1.807, 2.05) is 18.2 Å². The van der Waals surface area contributed by atoms with E-state index in [9.17, 15) is 4.91 Å². The van der Waals surface area contributed by atoms with Crippen LogP contribution in [0.5, 0.6) is 0 Å². The molecular formula is C19H11N2O+. The van der Waals surface area contributed by atoms with Crippen LogP contribution in [0.2, 0.25) is 0 Å². The lowest BCUT2D eigenvalue weighted by atomic mass is 9.99. The van der Waals surface area contributed by atoms with E-state index < -0.39 is 0 Å². The Hall–Kier alpha value is -3.07. The molecule has 0 radical (unpaired) electrons. The molecule has 0 N–H and O–H groups in total. The number of benzene rings is 3. The Morgan fingerprint density at radius 2 is 1.77 bits per heavy atom. The maximum absolute atomic E-state index is 12.3. The fourth-order valence-corrected chi connectivity index (χ4v) is 3.42. The first-order chi connectivity index (χ1) is 10.8. The van der Waals surface area contributed by atoms with Gasteiger partial charge in [0.1, 0.15) is 0 Å². The number of aliphatic imine (C=N–C) groups is 1. The fraction of sp³-hybridized carbons (Fsp3) is 0. The lowest BCUT2D eigenvalue weighted by Gasteiger charge is -2.06. The molecule has 0 spiro atoms. The summed E-state index contributed by atoms with van der Waals surface area (Å²) in [4.78, 5) is 16.3. The number of fused-ring (bicyclic) bond motifs is 7. The van der Waals surface area contributed by atoms with E-state index in [1.165, 1.54) is 23.0 Å². The van der Waals surface area contributed by atoms with Crippen molar-refractivity contribution in [3.63, 3.8) is 0 Å². The van der Waals surface area contributed by atoms with Gasteiger partial charge in [-0.15, -0.1) is 0 Å². The van der Waals surface area contributed by atoms with Gasteiger partial charge in [-0.25, -0.2) is 0 Å². The van der Waals surface area contributed by atoms with Crippen molar-refractivity contribution >= 4 is 35.1 Å². The van der Waals surface area contributed by atoms with Gasteiger partial charge >= 0.3 is 6.34 Å². The van der Waals surface area contributed by atoms with Gasteiger partial charge in [-0.05, 0) is 39.4 Å². The van der Waals surface area contributed by atoms with Crippen molar-refractivity contribution in [3.05, 3.63) is 69.4 Å². The highest BCUT2D eigenvalue weighted by Crippen LogP contribution is 2.30. The van der Waals surface area contributed by atoms with Crippen molar-refractivity contribution in [2.24, 2.45) is 4.99 Å². The molecule has 1 aliphatic carbocycles. The second-order valence-electron chi connectivity index (χ2n) is 5.58. The van der Waals surface area contributed by atoms with Crippen molar-refractivity contribution in [3.8, 4) is 11.1 Å². The van der Waals surface area contributed by atoms with Gasteiger partial charge in [0, 0.05) is 10.1 Å². The third-order valence-electron chi connectivity index (χ3n) is 4.39. The third-order valence-corrected chi connectivity index (χ3v) is 4.39. The van der Waals surface area contributed by atoms with Crippen molar-refractivity contribution < 1.29 is 4.76 Å². The summed E-state index contributed by atoms with van der Waals surface area (Å²) in [7, 11) is 0. The maximum Gasteiger partial charge on any atom is 0.330 e. The number of rotatable bonds is 0. The molecule has 3 nitrogen and oxygen atoms in total. The molecule has 0 saturated carbocycles. The highest BCUT2D eigenvalue weighted by Gasteiger charge is 2.22. The summed E-state index contributed by atoms with van der Waals surface area (Å²) in [6.45, 7) is 0. The Balaban J connectivity index is 2.03. The molecule has 0 amide bonds. The van der Waals surface area contributed by atoms with E-state index in [2.05, 4.69) is 41.4 Å². The molecule has 0 aromatic heterocycles. The van der Waals surface area contributed by atoms with Gasteiger partial charge in [0.05, 0.1) is 5.22 Å². The zero-order valence-corrected chi connectivity index (χ0v) is 11.7. The molecule has 0 saturated heterocycles. The van der Waals surface area contributed by atoms with E-state index in [4.69, 9.17) is 0 Å². The number of nitroso groups, excluding NO2 is 1. The molecule has 0 fully saturated rings. The summed E-state index contributed by atoms with van der Waals surface area (Å²) in [5.41, 5.74) is 4.30. The van der Waals surface area contributed by atoms with Crippen LogP contribution < -0.4 is 10.4 Å². The van der Waals surface area contributed by atoms with E-state index in [0.717, 1.165) is 26.0 Å². The Kier molecular flexibility index (Phi) is 2.09. The summed E-state index contributed by atoms with van der Waals surface area (Å²) in [6.07, 6.45) is 5.24. The minimum atomic E-state index is 0.688. The zero-order valence-electron chi connectivity index (χ0n) is 11.7. The van der Waals surface area contributed by atoms with Crippen LogP contribution in [-0.2, 0) is 0 Å². The summed E-state index contributed by atoms with van der Waals surface area (Å²) >= 11 is 0. The normalized spacial score (nSPS) is 14.1. The number of nitrogens with zero attached hydrogens (tertiary/aromatic N) is 2. The summed E-state index contributed by atoms with van der Waals surface area (Å²) in [6, 6.07) is 16.6. The molecule has 102 valence electrons. The lowest BCUT2D eigenvalue weighted by Crippen LogP contribution is -2.18. The first-order valence-corrected chi connectivity index (χ1v) is 7.20. The van der Waals surface area contributed by atoms with Gasteiger partial charge in [0.15, 0.2) is 11.9 Å². The molecule has 0 atom stereocenters. The number of hydrogen-bond donors (Lipinski definition) is 0. The highest BCUT2D eigenvalue weighted by atomic mass is 16.3. The first kappa shape index (κ1) is 11.6. The second-order valence-corrected chi connectivity index (χ2v) is 5.58. The largest absolute Gasteiger partial charge is 0.330 e. The minimum absolute atomic E-state index is 0.688. The van der Waals surface area contributed by atoms with Crippen LogP contribution >= 0.6 is 0 Å². The van der Waals surface area contributed by atoms with Crippen molar-refractivity contribution in [2.45, 2.75) is 0 Å². The maximum atomic E-state index is 12.3. The van der Waals surface area contributed by atoms with Crippen LogP contribution in [-0.4, -0.2) is 11.1 Å². The molecule has 3 aromatic rings. The van der Waals surface area contributed by atoms with Gasteiger partial charge in [0.25, 0.3) is 0 Å². The predicted octanol–water partition coefficient (Wildman–Crippen LogP) is 2.84. The van der Waals surface area contributed by atoms with Crippen LogP contribution in [0.1, 0.15) is 5.56 Å². The Bertz CT molecular complexity index is 1140. The molecular weight excluding hydrogens is 272 g/mol. The van der Waals surface area contributed by atoms with Crippen LogP contribution in [0.3, 0.4) is 0 Å². The molecule has 3 heteroatoms. The molecule has 0 unspecified atom stereocenters. The highest BCUT2D eigenvalue weighted by molar-refractivity contribution is 6.00. The smallest absolute Gasteiger partial charge is 0.0616 e. The molecule has 1 aliphatic heterocycles. The van der Waals surface area contributed by atoms with E-state index in [1.54, 1.807) is 6.20 Å². The molecule has 2 aliphatic rings. The van der Waals surface area contributed by atoms with Crippen molar-refractivity contribution in [2.75, 3.05) is 0 Å². The third kappa shape index (κ3) is 1.37. The topological polar surface area (TPSA) is 32.4 Å². The van der Waals surface area contributed by atoms with E-state index >= 15 is 0 Å². The van der Waals surface area contributed by atoms with E-state index in [0.29, 0.717) is 5.69 Å². The standard InChI is InChI=1S/C19H11N2O/c22-21-11-20-10-14-6-5-12-7-8-16-15-4-2-1-3-13(15)9-17(16)18(12)19(14)21/h1-11H/q+1. The monoisotopic (exact) mass is 283 g/mol. The molecule has 3 aromatic carbocycles. The Labute approximate surface area is 126 Å². The first-order valence-electron chi connectivity index (χ1n) is 7.20. The average Bonchev–Trinajstić information content (AvgIpc) is 2.93. The molecule has 0 bridgehead atoms.